The van der Waals surface area contributed by atoms with E-state index in [4.69, 9.17) is 0 Å². The zero-order valence-corrected chi connectivity index (χ0v) is 11.8. The minimum absolute atomic E-state index is 0.0676. The number of aromatic nitrogens is 1. The van der Waals surface area contributed by atoms with Gasteiger partial charge < -0.3 is 10.0 Å². The van der Waals surface area contributed by atoms with Gasteiger partial charge in [-0.3, -0.25) is 14.7 Å². The molecule has 2 heterocycles. The fraction of sp³-hybridized carbons (Fsp3) is 0.571. The molecule has 1 aliphatic heterocycles. The molecule has 2 rings (SSSR count). The SMILES string of the molecule is CN1CCN(C(C)(CC(=O)O)c2cncc(F)c2)CC1. The largest absolute Gasteiger partial charge is 0.481 e. The minimum Gasteiger partial charge on any atom is -0.481 e. The van der Waals surface area contributed by atoms with E-state index in [1.807, 2.05) is 14.0 Å². The number of hydrogen-bond acceptors (Lipinski definition) is 4. The van der Waals surface area contributed by atoms with Crippen LogP contribution in [0.5, 0.6) is 0 Å². The van der Waals surface area contributed by atoms with Crippen molar-refractivity contribution in [1.82, 2.24) is 14.8 Å². The first-order chi connectivity index (χ1) is 9.41. The summed E-state index contributed by atoms with van der Waals surface area (Å²) in [5.74, 6) is -1.33. The molecule has 0 radical (unpaired) electrons. The summed E-state index contributed by atoms with van der Waals surface area (Å²) < 4.78 is 13.4. The van der Waals surface area contributed by atoms with Crippen LogP contribution in [0.4, 0.5) is 4.39 Å². The smallest absolute Gasteiger partial charge is 0.305 e. The van der Waals surface area contributed by atoms with Crippen molar-refractivity contribution >= 4 is 5.97 Å². The number of aliphatic carboxylic acids is 1. The summed E-state index contributed by atoms with van der Waals surface area (Å²) in [6.45, 7) is 5.12. The average Bonchev–Trinajstić information content (AvgIpc) is 2.38. The monoisotopic (exact) mass is 281 g/mol. The van der Waals surface area contributed by atoms with Crippen molar-refractivity contribution in [2.75, 3.05) is 33.2 Å². The first-order valence-electron chi connectivity index (χ1n) is 6.68. The Morgan fingerprint density at radius 2 is 2.05 bits per heavy atom. The van der Waals surface area contributed by atoms with E-state index in [-0.39, 0.29) is 6.42 Å². The highest BCUT2D eigenvalue weighted by atomic mass is 19.1. The number of piperazine rings is 1. The van der Waals surface area contributed by atoms with E-state index in [2.05, 4.69) is 14.8 Å². The molecule has 20 heavy (non-hydrogen) atoms. The van der Waals surface area contributed by atoms with Crippen molar-refractivity contribution in [3.63, 3.8) is 0 Å². The number of carboxylic acids is 1. The van der Waals surface area contributed by atoms with Crippen LogP contribution in [0.2, 0.25) is 0 Å². The molecule has 1 fully saturated rings. The number of pyridine rings is 1. The minimum atomic E-state index is -0.893. The van der Waals surface area contributed by atoms with E-state index in [0.29, 0.717) is 5.56 Å². The summed E-state index contributed by atoms with van der Waals surface area (Å²) in [5, 5.41) is 9.21. The van der Waals surface area contributed by atoms with Crippen molar-refractivity contribution in [3.05, 3.63) is 29.8 Å². The lowest BCUT2D eigenvalue weighted by Crippen LogP contribution is -2.54. The van der Waals surface area contributed by atoms with Crippen LogP contribution in [0.1, 0.15) is 18.9 Å². The Balaban J connectivity index is 2.32. The summed E-state index contributed by atoms with van der Waals surface area (Å²) in [6, 6.07) is 1.38. The molecule has 1 unspecified atom stereocenters. The summed E-state index contributed by atoms with van der Waals surface area (Å²) >= 11 is 0. The summed E-state index contributed by atoms with van der Waals surface area (Å²) in [5.41, 5.74) is -0.119. The highest BCUT2D eigenvalue weighted by Crippen LogP contribution is 2.32. The standard InChI is InChI=1S/C14H20FN3O2/c1-14(8-13(19)20,11-7-12(15)10-16-9-11)18-5-3-17(2)4-6-18/h7,9-10H,3-6,8H2,1-2H3,(H,19,20). The van der Waals surface area contributed by atoms with Gasteiger partial charge in [-0.05, 0) is 25.6 Å². The molecule has 0 bridgehead atoms. The van der Waals surface area contributed by atoms with Crippen LogP contribution in [0.15, 0.2) is 18.5 Å². The lowest BCUT2D eigenvalue weighted by molar-refractivity contribution is -0.140. The van der Waals surface area contributed by atoms with E-state index in [0.717, 1.165) is 32.4 Å². The third-order valence-electron chi connectivity index (χ3n) is 4.02. The Morgan fingerprint density at radius 1 is 1.40 bits per heavy atom. The molecule has 1 aromatic rings. The molecule has 1 atom stereocenters. The first kappa shape index (κ1) is 14.9. The van der Waals surface area contributed by atoms with Crippen LogP contribution in [0.25, 0.3) is 0 Å². The maximum atomic E-state index is 13.4. The van der Waals surface area contributed by atoms with Gasteiger partial charge in [-0.1, -0.05) is 0 Å². The van der Waals surface area contributed by atoms with E-state index >= 15 is 0 Å². The molecule has 1 aliphatic rings. The van der Waals surface area contributed by atoms with Gasteiger partial charge in [-0.25, -0.2) is 4.39 Å². The van der Waals surface area contributed by atoms with Gasteiger partial charge >= 0.3 is 5.97 Å². The number of carboxylic acid groups (broad SMARTS) is 1. The van der Waals surface area contributed by atoms with Gasteiger partial charge in [0.2, 0.25) is 0 Å². The Kier molecular flexibility index (Phi) is 4.35. The fourth-order valence-corrected chi connectivity index (χ4v) is 2.70. The number of carbonyl (C=O) groups is 1. The second-order valence-corrected chi connectivity index (χ2v) is 5.53. The van der Waals surface area contributed by atoms with Crippen molar-refractivity contribution in [3.8, 4) is 0 Å². The quantitative estimate of drug-likeness (QED) is 0.897. The van der Waals surface area contributed by atoms with Gasteiger partial charge in [0.25, 0.3) is 0 Å². The molecule has 1 aromatic heterocycles. The molecule has 5 nitrogen and oxygen atoms in total. The van der Waals surface area contributed by atoms with Gasteiger partial charge in [0.1, 0.15) is 5.82 Å². The molecule has 0 amide bonds. The molecule has 6 heteroatoms. The van der Waals surface area contributed by atoms with Crippen molar-refractivity contribution in [2.24, 2.45) is 0 Å². The third-order valence-corrected chi connectivity index (χ3v) is 4.02. The maximum Gasteiger partial charge on any atom is 0.305 e. The topological polar surface area (TPSA) is 56.7 Å². The number of nitrogens with zero attached hydrogens (tertiary/aromatic N) is 3. The lowest BCUT2D eigenvalue weighted by Gasteiger charge is -2.44. The van der Waals surface area contributed by atoms with Crippen molar-refractivity contribution in [1.29, 1.82) is 0 Å². The Bertz CT molecular complexity index is 489. The predicted molar refractivity (Wildman–Crippen MR) is 72.9 cm³/mol. The zero-order chi connectivity index (χ0) is 14.8. The van der Waals surface area contributed by atoms with Gasteiger partial charge in [0, 0.05) is 32.4 Å². The van der Waals surface area contributed by atoms with Crippen LogP contribution in [-0.2, 0) is 10.3 Å². The maximum absolute atomic E-state index is 13.4. The molecular weight excluding hydrogens is 261 g/mol. The molecule has 1 N–H and O–H groups in total. The molecule has 0 aliphatic carbocycles. The number of hydrogen-bond donors (Lipinski definition) is 1. The molecule has 0 spiro atoms. The van der Waals surface area contributed by atoms with E-state index in [1.54, 1.807) is 6.20 Å². The molecule has 0 saturated carbocycles. The average molecular weight is 281 g/mol. The number of likely N-dealkylation sites (N-methyl/N-ethyl adjacent to an activating group) is 1. The number of rotatable bonds is 4. The van der Waals surface area contributed by atoms with Crippen molar-refractivity contribution in [2.45, 2.75) is 18.9 Å². The molecular formula is C14H20FN3O2. The third kappa shape index (κ3) is 3.13. The summed E-state index contributed by atoms with van der Waals surface area (Å²) in [7, 11) is 2.04. The van der Waals surface area contributed by atoms with E-state index in [1.165, 1.54) is 6.07 Å². The van der Waals surface area contributed by atoms with Crippen LogP contribution < -0.4 is 0 Å². The first-order valence-corrected chi connectivity index (χ1v) is 6.68. The highest BCUT2D eigenvalue weighted by Gasteiger charge is 2.37. The Labute approximate surface area is 118 Å². The van der Waals surface area contributed by atoms with Gasteiger partial charge in [0.05, 0.1) is 18.2 Å². The molecule has 110 valence electrons. The summed E-state index contributed by atoms with van der Waals surface area (Å²) in [4.78, 5) is 19.4. The van der Waals surface area contributed by atoms with Crippen LogP contribution >= 0.6 is 0 Å². The van der Waals surface area contributed by atoms with Gasteiger partial charge in [-0.15, -0.1) is 0 Å². The fourth-order valence-electron chi connectivity index (χ4n) is 2.70. The van der Waals surface area contributed by atoms with E-state index < -0.39 is 17.3 Å². The van der Waals surface area contributed by atoms with Crippen LogP contribution in [0.3, 0.4) is 0 Å². The second kappa shape index (κ2) is 5.85. The number of halogens is 1. The molecule has 0 aromatic carbocycles. The van der Waals surface area contributed by atoms with Crippen molar-refractivity contribution < 1.29 is 14.3 Å². The second-order valence-electron chi connectivity index (χ2n) is 5.53. The van der Waals surface area contributed by atoms with Crippen LogP contribution in [0, 0.1) is 5.82 Å². The Morgan fingerprint density at radius 3 is 2.60 bits per heavy atom. The van der Waals surface area contributed by atoms with Crippen LogP contribution in [-0.4, -0.2) is 59.1 Å². The molecule has 1 saturated heterocycles. The van der Waals surface area contributed by atoms with E-state index in [9.17, 15) is 14.3 Å². The normalized spacial score (nSPS) is 20.6. The lowest BCUT2D eigenvalue weighted by atomic mass is 9.87. The van der Waals surface area contributed by atoms with Gasteiger partial charge in [-0.2, -0.15) is 0 Å². The predicted octanol–water partition coefficient (Wildman–Crippen LogP) is 1.16. The highest BCUT2D eigenvalue weighted by molar-refractivity contribution is 5.68. The summed E-state index contributed by atoms with van der Waals surface area (Å²) in [6.07, 6.45) is 2.63. The Hall–Kier alpha value is -1.53. The zero-order valence-electron chi connectivity index (χ0n) is 11.8. The van der Waals surface area contributed by atoms with Gasteiger partial charge in [0.15, 0.2) is 0 Å².